The van der Waals surface area contributed by atoms with Crippen molar-refractivity contribution in [2.75, 3.05) is 6.61 Å². The molecule has 4 heteroatoms. The van der Waals surface area contributed by atoms with Gasteiger partial charge in [-0.15, -0.1) is 0 Å². The van der Waals surface area contributed by atoms with E-state index in [1.807, 2.05) is 72.8 Å². The highest BCUT2D eigenvalue weighted by Crippen LogP contribution is 2.44. The molecule has 3 atom stereocenters. The van der Waals surface area contributed by atoms with E-state index in [-0.39, 0.29) is 36.1 Å². The van der Waals surface area contributed by atoms with Gasteiger partial charge in [-0.25, -0.2) is 0 Å². The summed E-state index contributed by atoms with van der Waals surface area (Å²) in [6.07, 6.45) is 1.80. The number of phenols is 1. The first-order valence-corrected chi connectivity index (χ1v) is 12.9. The summed E-state index contributed by atoms with van der Waals surface area (Å²) in [5.74, 6) is 0.137. The number of hydrogen-bond acceptors (Lipinski definition) is 4. The van der Waals surface area contributed by atoms with Gasteiger partial charge in [0.15, 0.2) is 0 Å². The third kappa shape index (κ3) is 5.30. The maximum absolute atomic E-state index is 13.3. The number of rotatable bonds is 8. The first kappa shape index (κ1) is 24.8. The molecular formula is C33H32O4. The van der Waals surface area contributed by atoms with Gasteiger partial charge in [0.2, 0.25) is 0 Å². The van der Waals surface area contributed by atoms with E-state index in [0.29, 0.717) is 25.0 Å². The Labute approximate surface area is 218 Å². The number of benzene rings is 4. The number of aromatic hydroxyl groups is 1. The van der Waals surface area contributed by atoms with Gasteiger partial charge in [-0.2, -0.15) is 0 Å². The molecule has 0 aromatic heterocycles. The summed E-state index contributed by atoms with van der Waals surface area (Å²) in [7, 11) is 0. The van der Waals surface area contributed by atoms with E-state index in [4.69, 9.17) is 4.74 Å². The predicted molar refractivity (Wildman–Crippen MR) is 145 cm³/mol. The van der Waals surface area contributed by atoms with Crippen molar-refractivity contribution in [3.8, 4) is 11.5 Å². The van der Waals surface area contributed by atoms with Gasteiger partial charge in [0.25, 0.3) is 0 Å². The van der Waals surface area contributed by atoms with Crippen LogP contribution in [-0.4, -0.2) is 22.8 Å². The van der Waals surface area contributed by atoms with E-state index >= 15 is 0 Å². The van der Waals surface area contributed by atoms with E-state index in [9.17, 15) is 15.0 Å². The lowest BCUT2D eigenvalue weighted by Crippen LogP contribution is -2.32. The lowest BCUT2D eigenvalue weighted by atomic mass is 9.76. The number of ether oxygens (including phenoxy) is 1. The van der Waals surface area contributed by atoms with Crippen molar-refractivity contribution in [3.05, 3.63) is 130 Å². The number of carbonyl (C=O) groups is 1. The smallest absolute Gasteiger partial charge is 0.315 e. The molecular weight excluding hydrogens is 460 g/mol. The van der Waals surface area contributed by atoms with Crippen LogP contribution in [0, 0.1) is 12.8 Å². The van der Waals surface area contributed by atoms with Gasteiger partial charge in [0.1, 0.15) is 11.5 Å². The van der Waals surface area contributed by atoms with E-state index in [1.165, 1.54) is 0 Å². The number of fused-ring (bicyclic) bond motifs is 1. The van der Waals surface area contributed by atoms with Crippen LogP contribution >= 0.6 is 0 Å². The van der Waals surface area contributed by atoms with Gasteiger partial charge >= 0.3 is 5.97 Å². The molecule has 4 aromatic carbocycles. The zero-order valence-electron chi connectivity index (χ0n) is 21.0. The molecule has 0 bridgehead atoms. The highest BCUT2D eigenvalue weighted by molar-refractivity contribution is 5.80. The summed E-state index contributed by atoms with van der Waals surface area (Å²) in [5, 5.41) is 20.4. The Morgan fingerprint density at radius 1 is 0.892 bits per heavy atom. The van der Waals surface area contributed by atoms with Crippen LogP contribution in [0.5, 0.6) is 11.5 Å². The highest BCUT2D eigenvalue weighted by atomic mass is 16.5. The molecule has 4 nitrogen and oxygen atoms in total. The van der Waals surface area contributed by atoms with Crippen LogP contribution in [0.1, 0.15) is 58.1 Å². The number of aliphatic hydroxyl groups excluding tert-OH is 1. The maximum Gasteiger partial charge on any atom is 0.315 e. The van der Waals surface area contributed by atoms with Gasteiger partial charge in [0, 0.05) is 29.6 Å². The number of esters is 1. The van der Waals surface area contributed by atoms with Crippen LogP contribution in [-0.2, 0) is 11.2 Å². The standard InChI is InChI=1S/C33H32O4/c1-22-12-17-31-29(20-22)32(25-10-6-3-7-11-25)27(33(36)37-31)15-13-23-14-16-30(35)28(21-23)26(18-19-34)24-8-4-2-5-9-24/h2-12,14,16-17,20-21,26-27,32,34-35H,13,15,18-19H2,1H3. The molecule has 0 fully saturated rings. The fourth-order valence-electron chi connectivity index (χ4n) is 5.57. The molecule has 3 unspecified atom stereocenters. The van der Waals surface area contributed by atoms with Gasteiger partial charge < -0.3 is 14.9 Å². The van der Waals surface area contributed by atoms with Crippen LogP contribution < -0.4 is 4.74 Å². The Bertz CT molecular complexity index is 1360. The minimum absolute atomic E-state index is 0.0225. The molecule has 2 N–H and O–H groups in total. The fourth-order valence-corrected chi connectivity index (χ4v) is 5.57. The number of hydrogen-bond donors (Lipinski definition) is 2. The molecule has 188 valence electrons. The summed E-state index contributed by atoms with van der Waals surface area (Å²) in [5.41, 5.74) is 6.18. The molecule has 0 aliphatic carbocycles. The van der Waals surface area contributed by atoms with E-state index in [2.05, 4.69) is 25.1 Å². The fraction of sp³-hybridized carbons (Fsp3) is 0.242. The number of aliphatic hydroxyl groups is 1. The number of carbonyl (C=O) groups excluding carboxylic acids is 1. The topological polar surface area (TPSA) is 66.8 Å². The molecule has 0 saturated heterocycles. The van der Waals surface area contributed by atoms with Gasteiger partial charge in [-0.1, -0.05) is 90.5 Å². The zero-order chi connectivity index (χ0) is 25.8. The summed E-state index contributed by atoms with van der Waals surface area (Å²) in [6.45, 7) is 2.08. The van der Waals surface area contributed by atoms with Gasteiger partial charge in [0.05, 0.1) is 5.92 Å². The Morgan fingerprint density at radius 2 is 1.62 bits per heavy atom. The lowest BCUT2D eigenvalue weighted by molar-refractivity contribution is -0.141. The average molecular weight is 493 g/mol. The zero-order valence-corrected chi connectivity index (χ0v) is 21.0. The van der Waals surface area contributed by atoms with Crippen molar-refractivity contribution in [1.82, 2.24) is 0 Å². The summed E-state index contributed by atoms with van der Waals surface area (Å²) in [6, 6.07) is 31.8. The molecule has 0 amide bonds. The second-order valence-electron chi connectivity index (χ2n) is 9.86. The average Bonchev–Trinajstić information content (AvgIpc) is 2.92. The van der Waals surface area contributed by atoms with Crippen molar-refractivity contribution < 1.29 is 19.7 Å². The highest BCUT2D eigenvalue weighted by Gasteiger charge is 2.38. The lowest BCUT2D eigenvalue weighted by Gasteiger charge is -2.33. The first-order chi connectivity index (χ1) is 18.0. The number of phenolic OH excluding ortho intramolecular Hbond substituents is 1. The molecule has 37 heavy (non-hydrogen) atoms. The van der Waals surface area contributed by atoms with Crippen molar-refractivity contribution in [2.24, 2.45) is 5.92 Å². The molecule has 5 rings (SSSR count). The largest absolute Gasteiger partial charge is 0.508 e. The molecule has 1 heterocycles. The molecule has 0 radical (unpaired) electrons. The van der Waals surface area contributed by atoms with Crippen molar-refractivity contribution >= 4 is 5.97 Å². The Morgan fingerprint density at radius 3 is 2.35 bits per heavy atom. The summed E-state index contributed by atoms with van der Waals surface area (Å²) < 4.78 is 5.80. The molecule has 0 saturated carbocycles. The molecule has 0 spiro atoms. The SMILES string of the molecule is Cc1ccc2c(c1)C(c1ccccc1)C(CCc1ccc(O)c(C(CCO)c3ccccc3)c1)C(=O)O2. The van der Waals surface area contributed by atoms with Crippen molar-refractivity contribution in [2.45, 2.75) is 38.0 Å². The quantitative estimate of drug-likeness (QED) is 0.217. The third-order valence-corrected chi connectivity index (χ3v) is 7.41. The third-order valence-electron chi connectivity index (χ3n) is 7.41. The van der Waals surface area contributed by atoms with E-state index < -0.39 is 0 Å². The van der Waals surface area contributed by atoms with Gasteiger partial charge in [-0.05, 0) is 55.0 Å². The summed E-state index contributed by atoms with van der Waals surface area (Å²) in [4.78, 5) is 13.3. The van der Waals surface area contributed by atoms with Crippen molar-refractivity contribution in [3.63, 3.8) is 0 Å². The molecule has 1 aliphatic rings. The maximum atomic E-state index is 13.3. The second kappa shape index (κ2) is 11.0. The Balaban J connectivity index is 1.45. The minimum atomic E-state index is -0.323. The van der Waals surface area contributed by atoms with Crippen LogP contribution in [0.25, 0.3) is 0 Å². The van der Waals surface area contributed by atoms with Crippen LogP contribution in [0.3, 0.4) is 0 Å². The van der Waals surface area contributed by atoms with Crippen LogP contribution in [0.2, 0.25) is 0 Å². The van der Waals surface area contributed by atoms with E-state index in [0.717, 1.165) is 33.4 Å². The Kier molecular flexibility index (Phi) is 7.38. The summed E-state index contributed by atoms with van der Waals surface area (Å²) >= 11 is 0. The monoisotopic (exact) mass is 492 g/mol. The minimum Gasteiger partial charge on any atom is -0.508 e. The van der Waals surface area contributed by atoms with Crippen LogP contribution in [0.4, 0.5) is 0 Å². The first-order valence-electron chi connectivity index (χ1n) is 12.9. The van der Waals surface area contributed by atoms with Crippen LogP contribution in [0.15, 0.2) is 97.1 Å². The predicted octanol–water partition coefficient (Wildman–Crippen LogP) is 6.51. The van der Waals surface area contributed by atoms with Gasteiger partial charge in [-0.3, -0.25) is 4.79 Å². The molecule has 4 aromatic rings. The Hall–Kier alpha value is -3.89. The normalized spacial score (nSPS) is 17.6. The second-order valence-corrected chi connectivity index (χ2v) is 9.86. The van der Waals surface area contributed by atoms with Crippen molar-refractivity contribution in [1.29, 1.82) is 0 Å². The number of aryl methyl sites for hydroxylation is 2. The molecule has 1 aliphatic heterocycles. The van der Waals surface area contributed by atoms with E-state index in [1.54, 1.807) is 6.07 Å².